The first-order valence-electron chi connectivity index (χ1n) is 11.4. The largest absolute Gasteiger partial charge is 0.358 e. The average Bonchev–Trinajstić information content (AvgIpc) is 2.68. The Labute approximate surface area is 165 Å². The van der Waals surface area contributed by atoms with E-state index in [4.69, 9.17) is 4.52 Å². The van der Waals surface area contributed by atoms with E-state index in [2.05, 4.69) is 37.3 Å². The van der Waals surface area contributed by atoms with Gasteiger partial charge in [-0.1, -0.05) is 134 Å². The Morgan fingerprint density at radius 2 is 1.00 bits per heavy atom. The van der Waals surface area contributed by atoms with Crippen LogP contribution in [0.15, 0.2) is 30.3 Å². The Morgan fingerprint density at radius 1 is 0.577 bits per heavy atom. The molecule has 0 aliphatic heterocycles. The molecule has 150 valence electrons. The van der Waals surface area contributed by atoms with Gasteiger partial charge in [0.05, 0.1) is 6.61 Å². The van der Waals surface area contributed by atoms with Crippen LogP contribution in [-0.2, 0) is 4.52 Å². The number of benzene rings is 1. The van der Waals surface area contributed by atoms with Crippen molar-refractivity contribution in [3.63, 3.8) is 0 Å². The highest BCUT2D eigenvalue weighted by Crippen LogP contribution is 2.15. The average molecular weight is 379 g/mol. The molecule has 0 saturated carbocycles. The molecule has 0 saturated heterocycles. The maximum atomic E-state index is 5.77. The van der Waals surface area contributed by atoms with Gasteiger partial charge in [-0.25, -0.2) is 0 Å². The van der Waals surface area contributed by atoms with E-state index >= 15 is 0 Å². The Balaban J connectivity index is 1.68. The molecule has 2 heteroatoms. The second-order valence-electron chi connectivity index (χ2n) is 7.62. The third-order valence-corrected chi connectivity index (χ3v) is 5.98. The summed E-state index contributed by atoms with van der Waals surface area (Å²) in [6, 6.07) is 10.5. The van der Waals surface area contributed by atoms with E-state index in [0.717, 1.165) is 6.61 Å². The van der Waals surface area contributed by atoms with E-state index in [9.17, 15) is 0 Å². The highest BCUT2D eigenvalue weighted by molar-refractivity contribution is 7.41. The molecule has 1 unspecified atom stereocenters. The molecule has 26 heavy (non-hydrogen) atoms. The molecule has 1 atom stereocenters. The summed E-state index contributed by atoms with van der Waals surface area (Å²) in [6.07, 6.45) is 22.7. The maximum Gasteiger partial charge on any atom is 0.0509 e. The van der Waals surface area contributed by atoms with Crippen molar-refractivity contribution in [2.45, 2.75) is 110 Å². The zero-order valence-corrected chi connectivity index (χ0v) is 18.3. The number of rotatable bonds is 19. The summed E-state index contributed by atoms with van der Waals surface area (Å²) in [5.41, 5.74) is 0. The second-order valence-corrected chi connectivity index (χ2v) is 8.69. The molecular formula is C24H43OP. The molecule has 0 amide bonds. The molecule has 0 aliphatic rings. The molecule has 0 bridgehead atoms. The van der Waals surface area contributed by atoms with Crippen molar-refractivity contribution < 1.29 is 4.52 Å². The second kappa shape index (κ2) is 19.4. The summed E-state index contributed by atoms with van der Waals surface area (Å²) in [5.74, 6) is 0. The zero-order valence-electron chi connectivity index (χ0n) is 17.3. The minimum absolute atomic E-state index is 0.515. The lowest BCUT2D eigenvalue weighted by molar-refractivity contribution is 0.348. The highest BCUT2D eigenvalue weighted by Gasteiger charge is 1.95. The van der Waals surface area contributed by atoms with Crippen LogP contribution in [0, 0.1) is 0 Å². The standard InChI is InChI=1S/C24H43OP/c1-2-3-4-5-6-7-8-9-10-11-12-13-14-15-16-20-23-25-26-24-21-18-17-19-22-24/h17-19,21-22,26H,2-16,20,23H2,1H3. The van der Waals surface area contributed by atoms with Crippen LogP contribution in [0.4, 0.5) is 0 Å². The lowest BCUT2D eigenvalue weighted by Gasteiger charge is -2.05. The van der Waals surface area contributed by atoms with Crippen molar-refractivity contribution in [2.24, 2.45) is 0 Å². The van der Waals surface area contributed by atoms with Crippen molar-refractivity contribution >= 4 is 14.1 Å². The van der Waals surface area contributed by atoms with Crippen LogP contribution in [0.25, 0.3) is 0 Å². The van der Waals surface area contributed by atoms with Crippen LogP contribution in [0.5, 0.6) is 0 Å². The molecule has 1 rings (SSSR count). The van der Waals surface area contributed by atoms with E-state index in [1.54, 1.807) is 0 Å². The van der Waals surface area contributed by atoms with Gasteiger partial charge in [-0.2, -0.15) is 0 Å². The van der Waals surface area contributed by atoms with E-state index in [1.165, 1.54) is 108 Å². The van der Waals surface area contributed by atoms with Crippen LogP contribution in [-0.4, -0.2) is 6.61 Å². The van der Waals surface area contributed by atoms with E-state index in [-0.39, 0.29) is 0 Å². The molecule has 1 aromatic rings. The molecule has 0 aliphatic carbocycles. The molecule has 0 fully saturated rings. The number of hydrogen-bond donors (Lipinski definition) is 0. The minimum Gasteiger partial charge on any atom is -0.358 e. The van der Waals surface area contributed by atoms with Gasteiger partial charge in [0.25, 0.3) is 0 Å². The van der Waals surface area contributed by atoms with Crippen molar-refractivity contribution in [2.75, 3.05) is 6.61 Å². The SMILES string of the molecule is CCCCCCCCCCCCCCCCCCOPc1ccccc1. The van der Waals surface area contributed by atoms with Gasteiger partial charge in [-0.15, -0.1) is 0 Å². The van der Waals surface area contributed by atoms with Crippen molar-refractivity contribution in [3.8, 4) is 0 Å². The van der Waals surface area contributed by atoms with Gasteiger partial charge in [0, 0.05) is 8.81 Å². The molecule has 0 radical (unpaired) electrons. The number of hydrogen-bond acceptors (Lipinski definition) is 1. The van der Waals surface area contributed by atoms with E-state index in [1.807, 2.05) is 0 Å². The Hall–Kier alpha value is -0.390. The monoisotopic (exact) mass is 378 g/mol. The Morgan fingerprint density at radius 3 is 1.46 bits per heavy atom. The fraction of sp³-hybridized carbons (Fsp3) is 0.750. The van der Waals surface area contributed by atoms with E-state index < -0.39 is 0 Å². The van der Waals surface area contributed by atoms with Gasteiger partial charge in [0.1, 0.15) is 0 Å². The first-order chi connectivity index (χ1) is 12.9. The predicted octanol–water partition coefficient (Wildman–Crippen LogP) is 8.18. The minimum atomic E-state index is 0.515. The maximum absolute atomic E-state index is 5.77. The van der Waals surface area contributed by atoms with Crippen LogP contribution in [0.3, 0.4) is 0 Å². The summed E-state index contributed by atoms with van der Waals surface area (Å²) in [5, 5.41) is 1.31. The summed E-state index contributed by atoms with van der Waals surface area (Å²) in [7, 11) is 0.515. The van der Waals surface area contributed by atoms with Crippen molar-refractivity contribution in [1.29, 1.82) is 0 Å². The molecule has 0 heterocycles. The molecule has 0 spiro atoms. The summed E-state index contributed by atoms with van der Waals surface area (Å²) in [6.45, 7) is 3.22. The quantitative estimate of drug-likeness (QED) is 0.174. The van der Waals surface area contributed by atoms with Crippen molar-refractivity contribution in [1.82, 2.24) is 0 Å². The molecule has 1 nitrogen and oxygen atoms in total. The summed E-state index contributed by atoms with van der Waals surface area (Å²) < 4.78 is 5.77. The lowest BCUT2D eigenvalue weighted by Crippen LogP contribution is -1.95. The normalized spacial score (nSPS) is 11.6. The molecular weight excluding hydrogens is 335 g/mol. The van der Waals surface area contributed by atoms with Gasteiger partial charge in [-0.05, 0) is 11.7 Å². The van der Waals surface area contributed by atoms with Crippen LogP contribution < -0.4 is 5.30 Å². The van der Waals surface area contributed by atoms with Crippen molar-refractivity contribution in [3.05, 3.63) is 30.3 Å². The van der Waals surface area contributed by atoms with Gasteiger partial charge >= 0.3 is 0 Å². The topological polar surface area (TPSA) is 9.23 Å². The smallest absolute Gasteiger partial charge is 0.0509 e. The predicted molar refractivity (Wildman–Crippen MR) is 120 cm³/mol. The van der Waals surface area contributed by atoms with Gasteiger partial charge < -0.3 is 4.52 Å². The molecule has 1 aromatic carbocycles. The summed E-state index contributed by atoms with van der Waals surface area (Å²) >= 11 is 0. The third-order valence-electron chi connectivity index (χ3n) is 5.06. The van der Waals surface area contributed by atoms with Gasteiger partial charge in [0.2, 0.25) is 0 Å². The first-order valence-corrected chi connectivity index (χ1v) is 12.3. The fourth-order valence-corrected chi connectivity index (χ4v) is 4.10. The first kappa shape index (κ1) is 23.6. The Bertz CT molecular complexity index is 379. The van der Waals surface area contributed by atoms with Crippen LogP contribution in [0.2, 0.25) is 0 Å². The molecule has 0 N–H and O–H groups in total. The zero-order chi connectivity index (χ0) is 18.5. The molecule has 0 aromatic heterocycles. The van der Waals surface area contributed by atoms with E-state index in [0.29, 0.717) is 8.81 Å². The fourth-order valence-electron chi connectivity index (χ4n) is 3.36. The summed E-state index contributed by atoms with van der Waals surface area (Å²) in [4.78, 5) is 0. The third kappa shape index (κ3) is 15.8. The van der Waals surface area contributed by atoms with Crippen LogP contribution >= 0.6 is 8.81 Å². The van der Waals surface area contributed by atoms with Crippen LogP contribution in [0.1, 0.15) is 110 Å². The Kier molecular flexibility index (Phi) is 17.6. The van der Waals surface area contributed by atoms with Gasteiger partial charge in [0.15, 0.2) is 0 Å². The number of unbranched alkanes of at least 4 members (excludes halogenated alkanes) is 15. The van der Waals surface area contributed by atoms with Gasteiger partial charge in [-0.3, -0.25) is 0 Å². The highest BCUT2D eigenvalue weighted by atomic mass is 31.1. The lowest BCUT2D eigenvalue weighted by atomic mass is 10.0.